The fourth-order valence-electron chi connectivity index (χ4n) is 2.54. The molecular weight excluding hydrogens is 328 g/mol. The third-order valence-electron chi connectivity index (χ3n) is 4.10. The van der Waals surface area contributed by atoms with E-state index in [4.69, 9.17) is 0 Å². The van der Waals surface area contributed by atoms with Crippen LogP contribution in [0.3, 0.4) is 0 Å². The fraction of sp³-hybridized carbons (Fsp3) is 0.471. The maximum absolute atomic E-state index is 11.5. The van der Waals surface area contributed by atoms with E-state index in [2.05, 4.69) is 11.3 Å². The normalized spacial score (nSPS) is 18.0. The highest BCUT2D eigenvalue weighted by molar-refractivity contribution is 7.97. The molecule has 1 unspecified atom stereocenters. The van der Waals surface area contributed by atoms with Crippen LogP contribution in [-0.2, 0) is 6.42 Å². The van der Waals surface area contributed by atoms with Gasteiger partial charge in [0.2, 0.25) is 5.79 Å². The molecule has 6 nitrogen and oxygen atoms in total. The number of carbonyl (C=O) groups is 1. The molecule has 0 radical (unpaired) electrons. The van der Waals surface area contributed by atoms with Crippen LogP contribution in [0.2, 0.25) is 0 Å². The molecule has 7 heteroatoms. The predicted molar refractivity (Wildman–Crippen MR) is 93.7 cm³/mol. The smallest absolute Gasteiger partial charge is 0.408 e. The Hall–Kier alpha value is -1.54. The Kier molecular flexibility index (Phi) is 5.29. The number of nitrogens with zero attached hydrogens (tertiary/aromatic N) is 1. The van der Waals surface area contributed by atoms with Crippen molar-refractivity contribution in [1.82, 2.24) is 9.62 Å². The zero-order valence-corrected chi connectivity index (χ0v) is 14.9. The van der Waals surface area contributed by atoms with Crippen molar-refractivity contribution in [3.8, 4) is 0 Å². The van der Waals surface area contributed by atoms with Gasteiger partial charge in [0.25, 0.3) is 0 Å². The standard InChI is InChI=1S/C17H24N2O4S/c1-11(10-19(15(20)21)16(2,3)4)17(22,23)14-9-12-7-5-6-8-13(12)24-18-14/h5-8,14,18,22-23H,1,9-10H2,2-4H3,(H,20,21). The summed E-state index contributed by atoms with van der Waals surface area (Å²) in [7, 11) is 0. The number of hydrogen-bond acceptors (Lipinski definition) is 5. The first-order valence-corrected chi connectivity index (χ1v) is 8.49. The van der Waals surface area contributed by atoms with Gasteiger partial charge in [0.15, 0.2) is 0 Å². The molecule has 0 saturated heterocycles. The fourth-order valence-corrected chi connectivity index (χ4v) is 3.48. The Labute approximate surface area is 146 Å². The van der Waals surface area contributed by atoms with Crippen LogP contribution in [-0.4, -0.2) is 50.2 Å². The largest absolute Gasteiger partial charge is 0.465 e. The van der Waals surface area contributed by atoms with Crippen LogP contribution in [0.1, 0.15) is 26.3 Å². The molecular formula is C17H24N2O4S. The zero-order valence-electron chi connectivity index (χ0n) is 14.1. The molecule has 132 valence electrons. The molecule has 2 rings (SSSR count). The molecule has 24 heavy (non-hydrogen) atoms. The van der Waals surface area contributed by atoms with E-state index in [1.54, 1.807) is 20.8 Å². The average Bonchev–Trinajstić information content (AvgIpc) is 2.50. The summed E-state index contributed by atoms with van der Waals surface area (Å²) < 4.78 is 3.03. The van der Waals surface area contributed by atoms with E-state index < -0.39 is 23.5 Å². The number of amides is 1. The highest BCUT2D eigenvalue weighted by Crippen LogP contribution is 2.32. The van der Waals surface area contributed by atoms with E-state index in [1.807, 2.05) is 24.3 Å². The first-order valence-electron chi connectivity index (χ1n) is 7.67. The molecule has 0 saturated carbocycles. The summed E-state index contributed by atoms with van der Waals surface area (Å²) in [4.78, 5) is 13.6. The summed E-state index contributed by atoms with van der Waals surface area (Å²) >= 11 is 1.33. The SMILES string of the molecule is C=C(CN(C(=O)O)C(C)(C)C)C(O)(O)C1Cc2ccccc2SN1. The number of rotatable bonds is 4. The van der Waals surface area contributed by atoms with Crippen LogP contribution in [0.5, 0.6) is 0 Å². The van der Waals surface area contributed by atoms with Gasteiger partial charge in [-0.25, -0.2) is 4.79 Å². The van der Waals surface area contributed by atoms with Crippen LogP contribution in [0.25, 0.3) is 0 Å². The summed E-state index contributed by atoms with van der Waals surface area (Å²) in [5, 5.41) is 30.5. The second-order valence-corrected chi connectivity index (χ2v) is 7.83. The van der Waals surface area contributed by atoms with Gasteiger partial charge in [-0.3, -0.25) is 9.62 Å². The van der Waals surface area contributed by atoms with Gasteiger partial charge in [0.1, 0.15) is 0 Å². The third-order valence-corrected chi connectivity index (χ3v) is 5.12. The Balaban J connectivity index is 2.15. The lowest BCUT2D eigenvalue weighted by atomic mass is 9.92. The number of aliphatic hydroxyl groups is 2. The topological polar surface area (TPSA) is 93.0 Å². The van der Waals surface area contributed by atoms with Crippen LogP contribution in [0.4, 0.5) is 4.79 Å². The maximum atomic E-state index is 11.5. The van der Waals surface area contributed by atoms with Crippen LogP contribution in [0, 0.1) is 0 Å². The first kappa shape index (κ1) is 18.8. The van der Waals surface area contributed by atoms with Crippen molar-refractivity contribution in [3.05, 3.63) is 42.0 Å². The van der Waals surface area contributed by atoms with E-state index in [0.717, 1.165) is 15.4 Å². The second kappa shape index (κ2) is 6.76. The van der Waals surface area contributed by atoms with E-state index in [-0.39, 0.29) is 12.1 Å². The minimum absolute atomic E-state index is 0.0392. The summed E-state index contributed by atoms with van der Waals surface area (Å²) in [5.74, 6) is -2.22. The minimum Gasteiger partial charge on any atom is -0.465 e. The van der Waals surface area contributed by atoms with E-state index in [1.165, 1.54) is 11.9 Å². The number of hydrogen-bond donors (Lipinski definition) is 4. The van der Waals surface area contributed by atoms with E-state index in [9.17, 15) is 20.1 Å². The molecule has 0 fully saturated rings. The van der Waals surface area contributed by atoms with Crippen LogP contribution < -0.4 is 4.72 Å². The zero-order chi connectivity index (χ0) is 18.1. The minimum atomic E-state index is -2.22. The Morgan fingerprint density at radius 3 is 2.58 bits per heavy atom. The molecule has 1 amide bonds. The van der Waals surface area contributed by atoms with Gasteiger partial charge >= 0.3 is 6.09 Å². The van der Waals surface area contributed by atoms with Gasteiger partial charge in [0, 0.05) is 16.0 Å². The van der Waals surface area contributed by atoms with Gasteiger partial charge in [-0.1, -0.05) is 24.8 Å². The average molecular weight is 352 g/mol. The molecule has 0 aromatic heterocycles. The van der Waals surface area contributed by atoms with Crippen LogP contribution in [0.15, 0.2) is 41.3 Å². The number of nitrogens with one attached hydrogen (secondary N) is 1. The van der Waals surface area contributed by atoms with E-state index >= 15 is 0 Å². The molecule has 1 aromatic rings. The Bertz CT molecular complexity index is 640. The van der Waals surface area contributed by atoms with Gasteiger partial charge in [-0.2, -0.15) is 0 Å². The lowest BCUT2D eigenvalue weighted by Gasteiger charge is -2.40. The van der Waals surface area contributed by atoms with Crippen molar-refractivity contribution in [2.24, 2.45) is 0 Å². The highest BCUT2D eigenvalue weighted by atomic mass is 32.2. The van der Waals surface area contributed by atoms with Crippen molar-refractivity contribution in [1.29, 1.82) is 0 Å². The Morgan fingerprint density at radius 1 is 1.38 bits per heavy atom. The van der Waals surface area contributed by atoms with Gasteiger partial charge in [-0.05, 0) is 50.8 Å². The second-order valence-electron chi connectivity index (χ2n) is 6.95. The molecule has 0 bridgehead atoms. The quantitative estimate of drug-likeness (QED) is 0.377. The molecule has 0 spiro atoms. The molecule has 1 atom stereocenters. The van der Waals surface area contributed by atoms with Crippen molar-refractivity contribution in [2.75, 3.05) is 6.54 Å². The van der Waals surface area contributed by atoms with Gasteiger partial charge < -0.3 is 15.3 Å². The first-order chi connectivity index (χ1) is 11.0. The van der Waals surface area contributed by atoms with Crippen molar-refractivity contribution >= 4 is 18.0 Å². The van der Waals surface area contributed by atoms with Gasteiger partial charge in [-0.15, -0.1) is 0 Å². The molecule has 1 aliphatic rings. The third kappa shape index (κ3) is 3.92. The molecule has 4 N–H and O–H groups in total. The Morgan fingerprint density at radius 2 is 2.00 bits per heavy atom. The summed E-state index contributed by atoms with van der Waals surface area (Å²) in [5.41, 5.74) is 0.376. The molecule has 0 aliphatic carbocycles. The number of fused-ring (bicyclic) bond motifs is 1. The number of benzene rings is 1. The molecule has 1 heterocycles. The van der Waals surface area contributed by atoms with Crippen LogP contribution >= 0.6 is 11.9 Å². The predicted octanol–water partition coefficient (Wildman–Crippen LogP) is 2.22. The van der Waals surface area contributed by atoms with Crippen molar-refractivity contribution < 1.29 is 20.1 Å². The lowest BCUT2D eigenvalue weighted by molar-refractivity contribution is -0.150. The summed E-state index contributed by atoms with van der Waals surface area (Å²) in [6.07, 6.45) is -0.714. The van der Waals surface area contributed by atoms with Crippen molar-refractivity contribution in [3.63, 3.8) is 0 Å². The maximum Gasteiger partial charge on any atom is 0.408 e. The molecule has 1 aromatic carbocycles. The highest BCUT2D eigenvalue weighted by Gasteiger charge is 2.41. The summed E-state index contributed by atoms with van der Waals surface area (Å²) in [6, 6.07) is 7.04. The van der Waals surface area contributed by atoms with Crippen molar-refractivity contribution in [2.45, 2.75) is 49.5 Å². The van der Waals surface area contributed by atoms with E-state index in [0.29, 0.717) is 6.42 Å². The molecule has 1 aliphatic heterocycles. The number of carboxylic acid groups (broad SMARTS) is 1. The summed E-state index contributed by atoms with van der Waals surface area (Å²) in [6.45, 7) is 8.82. The monoisotopic (exact) mass is 352 g/mol. The van der Waals surface area contributed by atoms with Gasteiger partial charge in [0.05, 0.1) is 12.6 Å². The lowest BCUT2D eigenvalue weighted by Crippen LogP contribution is -2.56.